The van der Waals surface area contributed by atoms with Crippen molar-refractivity contribution in [3.8, 4) is 16.3 Å². The lowest BCUT2D eigenvalue weighted by Gasteiger charge is -2.43. The fourth-order valence-electron chi connectivity index (χ4n) is 4.33. The van der Waals surface area contributed by atoms with Gasteiger partial charge in [-0.1, -0.05) is 0 Å². The molecule has 2 aliphatic rings. The summed E-state index contributed by atoms with van der Waals surface area (Å²) < 4.78 is 16.9. The smallest absolute Gasteiger partial charge is 0.291 e. The van der Waals surface area contributed by atoms with Gasteiger partial charge in [-0.05, 0) is 43.5 Å². The molecule has 0 bridgehead atoms. The van der Waals surface area contributed by atoms with Crippen LogP contribution in [0.25, 0.3) is 10.6 Å². The van der Waals surface area contributed by atoms with E-state index in [1.807, 2.05) is 17.0 Å². The van der Waals surface area contributed by atoms with Gasteiger partial charge in [-0.3, -0.25) is 9.78 Å². The van der Waals surface area contributed by atoms with Gasteiger partial charge in [-0.15, -0.1) is 11.3 Å². The number of carbonyl (C=O) groups excluding carboxylic acids is 1. The van der Waals surface area contributed by atoms with Gasteiger partial charge in [-0.25, -0.2) is 4.98 Å². The molecule has 3 aromatic rings. The van der Waals surface area contributed by atoms with Crippen LogP contribution >= 0.6 is 11.3 Å². The Bertz CT molecular complexity index is 1060. The highest BCUT2D eigenvalue weighted by molar-refractivity contribution is 7.15. The number of hydrogen-bond donors (Lipinski definition) is 0. The summed E-state index contributed by atoms with van der Waals surface area (Å²) in [5.41, 5.74) is 2.50. The molecule has 0 aliphatic carbocycles. The predicted molar refractivity (Wildman–Crippen MR) is 112 cm³/mol. The summed E-state index contributed by atoms with van der Waals surface area (Å²) in [4.78, 5) is 25.7. The Morgan fingerprint density at radius 2 is 2.10 bits per heavy atom. The molecule has 0 saturated carbocycles. The normalized spacial score (nSPS) is 17.7. The molecule has 7 nitrogen and oxygen atoms in total. The summed E-state index contributed by atoms with van der Waals surface area (Å²) in [6.07, 6.45) is 5.52. The highest BCUT2D eigenvalue weighted by Crippen LogP contribution is 2.46. The van der Waals surface area contributed by atoms with E-state index in [4.69, 9.17) is 13.9 Å². The average molecular weight is 426 g/mol. The van der Waals surface area contributed by atoms with Gasteiger partial charge >= 0.3 is 0 Å². The number of ether oxygens (including phenoxy) is 2. The van der Waals surface area contributed by atoms with Gasteiger partial charge < -0.3 is 18.8 Å². The molecule has 1 saturated heterocycles. The Balaban J connectivity index is 1.38. The Kier molecular flexibility index (Phi) is 4.83. The second-order valence-electron chi connectivity index (χ2n) is 7.68. The van der Waals surface area contributed by atoms with Gasteiger partial charge in [0.1, 0.15) is 5.75 Å². The third-order valence-corrected chi connectivity index (χ3v) is 7.25. The molecule has 0 N–H and O–H groups in total. The molecule has 3 aromatic heterocycles. The Morgan fingerprint density at radius 3 is 2.77 bits per heavy atom. The van der Waals surface area contributed by atoms with Gasteiger partial charge in [0.05, 0.1) is 41.8 Å². The number of rotatable bonds is 3. The number of aromatic nitrogens is 2. The second kappa shape index (κ2) is 7.52. The summed E-state index contributed by atoms with van der Waals surface area (Å²) in [5.74, 6) is 0.989. The Labute approximate surface area is 178 Å². The van der Waals surface area contributed by atoms with E-state index < -0.39 is 0 Å². The molecule has 0 atom stereocenters. The molecule has 1 amide bonds. The van der Waals surface area contributed by atoms with Gasteiger partial charge in [-0.2, -0.15) is 0 Å². The summed E-state index contributed by atoms with van der Waals surface area (Å²) in [7, 11) is 1.64. The Hall–Kier alpha value is -2.71. The molecule has 5 rings (SSSR count). The molecule has 1 spiro atoms. The van der Waals surface area contributed by atoms with E-state index in [-0.39, 0.29) is 11.5 Å². The minimum absolute atomic E-state index is 0.0932. The number of hydrogen-bond acceptors (Lipinski definition) is 7. The van der Waals surface area contributed by atoms with Gasteiger partial charge in [0.2, 0.25) is 5.76 Å². The molecular formula is C22H23N3O4S. The van der Waals surface area contributed by atoms with E-state index in [9.17, 15) is 4.79 Å². The largest absolute Gasteiger partial charge is 0.495 e. The van der Waals surface area contributed by atoms with Crippen molar-refractivity contribution >= 4 is 17.2 Å². The number of piperidine rings is 1. The van der Waals surface area contributed by atoms with Crippen LogP contribution in [-0.2, 0) is 16.8 Å². The molecular weight excluding hydrogens is 402 g/mol. The number of pyridine rings is 1. The van der Waals surface area contributed by atoms with Crippen molar-refractivity contribution in [1.82, 2.24) is 14.9 Å². The van der Waals surface area contributed by atoms with Crippen molar-refractivity contribution in [2.45, 2.75) is 31.8 Å². The number of fused-ring (bicyclic) bond motifs is 2. The summed E-state index contributed by atoms with van der Waals surface area (Å²) in [6, 6.07) is 6.15. The van der Waals surface area contributed by atoms with Crippen LogP contribution in [0.2, 0.25) is 0 Å². The number of nitrogens with zero attached hydrogens (tertiary/aromatic N) is 3. The van der Waals surface area contributed by atoms with Gasteiger partial charge in [0, 0.05) is 24.4 Å². The third-order valence-electron chi connectivity index (χ3n) is 6.03. The quantitative estimate of drug-likeness (QED) is 0.635. The monoisotopic (exact) mass is 425 g/mol. The fraction of sp³-hybridized carbons (Fsp3) is 0.409. The molecule has 0 unspecified atom stereocenters. The van der Waals surface area contributed by atoms with Gasteiger partial charge in [0.15, 0.2) is 6.39 Å². The predicted octanol–water partition coefficient (Wildman–Crippen LogP) is 3.82. The van der Waals surface area contributed by atoms with Crippen molar-refractivity contribution < 1.29 is 18.7 Å². The van der Waals surface area contributed by atoms with Gasteiger partial charge in [0.25, 0.3) is 5.91 Å². The minimum Gasteiger partial charge on any atom is -0.495 e. The maximum Gasteiger partial charge on any atom is 0.291 e. The molecule has 0 radical (unpaired) electrons. The topological polar surface area (TPSA) is 77.7 Å². The zero-order valence-corrected chi connectivity index (χ0v) is 17.8. The van der Waals surface area contributed by atoms with Crippen LogP contribution in [0.5, 0.6) is 5.75 Å². The number of amides is 1. The highest BCUT2D eigenvalue weighted by Gasteiger charge is 2.43. The lowest BCUT2D eigenvalue weighted by molar-refractivity contribution is -0.0928. The van der Waals surface area contributed by atoms with Crippen LogP contribution < -0.4 is 4.74 Å². The van der Waals surface area contributed by atoms with Crippen molar-refractivity contribution in [2.24, 2.45) is 0 Å². The summed E-state index contributed by atoms with van der Waals surface area (Å²) in [5, 5.41) is 0. The first-order chi connectivity index (χ1) is 14.6. The van der Waals surface area contributed by atoms with Crippen LogP contribution in [0, 0.1) is 6.92 Å². The van der Waals surface area contributed by atoms with E-state index in [1.54, 1.807) is 31.6 Å². The average Bonchev–Trinajstić information content (AvgIpc) is 3.41. The molecule has 2 aliphatic heterocycles. The van der Waals surface area contributed by atoms with E-state index in [0.29, 0.717) is 31.2 Å². The molecule has 30 heavy (non-hydrogen) atoms. The van der Waals surface area contributed by atoms with Crippen LogP contribution in [0.3, 0.4) is 0 Å². The van der Waals surface area contributed by atoms with Crippen LogP contribution in [0.1, 0.15) is 39.5 Å². The Morgan fingerprint density at radius 1 is 1.27 bits per heavy atom. The molecule has 0 aromatic carbocycles. The van der Waals surface area contributed by atoms with Crippen molar-refractivity contribution in [3.63, 3.8) is 0 Å². The second-order valence-corrected chi connectivity index (χ2v) is 8.82. The van der Waals surface area contributed by atoms with Crippen molar-refractivity contribution in [3.05, 3.63) is 52.7 Å². The summed E-state index contributed by atoms with van der Waals surface area (Å²) >= 11 is 1.79. The van der Waals surface area contributed by atoms with E-state index in [0.717, 1.165) is 35.6 Å². The van der Waals surface area contributed by atoms with Crippen molar-refractivity contribution in [2.75, 3.05) is 26.8 Å². The fourth-order valence-corrected chi connectivity index (χ4v) is 5.53. The number of aryl methyl sites for hydroxylation is 1. The van der Waals surface area contributed by atoms with Crippen LogP contribution in [0.15, 0.2) is 35.2 Å². The number of thiophene rings is 1. The van der Waals surface area contributed by atoms with E-state index in [2.05, 4.69) is 16.0 Å². The third kappa shape index (κ3) is 3.20. The lowest BCUT2D eigenvalue weighted by atomic mass is 9.82. The highest BCUT2D eigenvalue weighted by atomic mass is 32.1. The molecule has 5 heterocycles. The molecule has 1 fully saturated rings. The number of methoxy groups -OCH3 is 1. The lowest BCUT2D eigenvalue weighted by Crippen LogP contribution is -2.48. The minimum atomic E-state index is -0.331. The standard InChI is InChI=1S/C22H23N3O4S/c1-14-20(28-13-24-14)21(26)25-8-6-22(7-9-25)16-11-19(30-18(16)5-10-29-22)17-4-3-15(27-2)12-23-17/h3-4,11-13H,5-10H2,1-2H3. The SMILES string of the molecule is COc1ccc(-c2cc3c(s2)CCOC32CCN(C(=O)c3ocnc3C)CC2)nc1. The first-order valence-electron chi connectivity index (χ1n) is 10.1. The van der Waals surface area contributed by atoms with E-state index in [1.165, 1.54) is 16.8 Å². The maximum atomic E-state index is 12.8. The maximum absolute atomic E-state index is 12.8. The number of likely N-dealkylation sites (tertiary alicyclic amines) is 1. The van der Waals surface area contributed by atoms with E-state index >= 15 is 0 Å². The zero-order chi connectivity index (χ0) is 20.7. The molecule has 156 valence electrons. The van der Waals surface area contributed by atoms with Crippen molar-refractivity contribution in [1.29, 1.82) is 0 Å². The molecule has 8 heteroatoms. The summed E-state index contributed by atoms with van der Waals surface area (Å²) in [6.45, 7) is 3.76. The number of carbonyl (C=O) groups is 1. The van der Waals surface area contributed by atoms with Crippen LogP contribution in [-0.4, -0.2) is 47.6 Å². The number of oxazole rings is 1. The first-order valence-corrected chi connectivity index (χ1v) is 10.9. The zero-order valence-electron chi connectivity index (χ0n) is 17.0. The first kappa shape index (κ1) is 19.3. The van der Waals surface area contributed by atoms with Crippen LogP contribution in [0.4, 0.5) is 0 Å².